The number of hydrogen-bond acceptors (Lipinski definition) is 7. The quantitative estimate of drug-likeness (QED) is 0.311. The SMILES string of the molecule is CN.NC(=O)c1c(NC=O)[nH]c2cc(-c3ccc(C(=O)NCCN4CCOCC4)o3)ccc12. The molecule has 1 fully saturated rings. The molecular formula is C22H28N6O5. The van der Waals surface area contributed by atoms with Crippen LogP contribution in [0.1, 0.15) is 20.9 Å². The third-order valence-electron chi connectivity index (χ3n) is 5.18. The first-order chi connectivity index (χ1) is 16.1. The van der Waals surface area contributed by atoms with Crippen molar-refractivity contribution in [1.82, 2.24) is 15.2 Å². The molecule has 33 heavy (non-hydrogen) atoms. The van der Waals surface area contributed by atoms with E-state index in [-0.39, 0.29) is 23.0 Å². The molecule has 176 valence electrons. The molecule has 4 rings (SSSR count). The van der Waals surface area contributed by atoms with Crippen LogP contribution in [0.25, 0.3) is 22.2 Å². The van der Waals surface area contributed by atoms with Crippen LogP contribution in [-0.2, 0) is 9.53 Å². The summed E-state index contributed by atoms with van der Waals surface area (Å²) in [6.45, 7) is 4.44. The largest absolute Gasteiger partial charge is 0.451 e. The number of rotatable bonds is 8. The van der Waals surface area contributed by atoms with E-state index in [4.69, 9.17) is 14.9 Å². The Morgan fingerprint density at radius 1 is 1.18 bits per heavy atom. The van der Waals surface area contributed by atoms with E-state index in [1.54, 1.807) is 30.3 Å². The predicted octanol–water partition coefficient (Wildman–Crippen LogP) is 0.732. The molecular weight excluding hydrogens is 428 g/mol. The summed E-state index contributed by atoms with van der Waals surface area (Å²) < 4.78 is 11.0. The maximum Gasteiger partial charge on any atom is 0.287 e. The van der Waals surface area contributed by atoms with Gasteiger partial charge in [0.2, 0.25) is 6.41 Å². The topological polar surface area (TPSA) is 169 Å². The van der Waals surface area contributed by atoms with E-state index < -0.39 is 5.91 Å². The summed E-state index contributed by atoms with van der Waals surface area (Å²) in [5.74, 6) is 0.00538. The van der Waals surface area contributed by atoms with Gasteiger partial charge in [0.1, 0.15) is 11.6 Å². The van der Waals surface area contributed by atoms with Gasteiger partial charge in [-0.25, -0.2) is 0 Å². The van der Waals surface area contributed by atoms with Gasteiger partial charge in [0.15, 0.2) is 5.76 Å². The lowest BCUT2D eigenvalue weighted by Gasteiger charge is -2.26. The number of nitrogens with zero attached hydrogens (tertiary/aromatic N) is 1. The number of primary amides is 1. The number of hydrogen-bond donors (Lipinski definition) is 5. The fourth-order valence-corrected chi connectivity index (χ4v) is 3.63. The van der Waals surface area contributed by atoms with Crippen LogP contribution in [0.2, 0.25) is 0 Å². The minimum atomic E-state index is -0.655. The molecule has 11 heteroatoms. The molecule has 2 aromatic heterocycles. The van der Waals surface area contributed by atoms with Gasteiger partial charge in [0, 0.05) is 42.6 Å². The molecule has 0 saturated carbocycles. The number of anilines is 1. The van der Waals surface area contributed by atoms with Gasteiger partial charge in [-0.2, -0.15) is 0 Å². The molecule has 1 saturated heterocycles. The van der Waals surface area contributed by atoms with E-state index in [2.05, 4.69) is 26.3 Å². The number of amides is 3. The Hall–Kier alpha value is -3.67. The number of furan rings is 1. The van der Waals surface area contributed by atoms with Crippen molar-refractivity contribution in [3.63, 3.8) is 0 Å². The molecule has 7 N–H and O–H groups in total. The van der Waals surface area contributed by atoms with Crippen molar-refractivity contribution in [2.75, 3.05) is 51.8 Å². The molecule has 0 radical (unpaired) electrons. The number of aromatic nitrogens is 1. The molecule has 1 aliphatic heterocycles. The number of H-pyrrole nitrogens is 1. The van der Waals surface area contributed by atoms with Gasteiger partial charge >= 0.3 is 0 Å². The van der Waals surface area contributed by atoms with Crippen molar-refractivity contribution in [1.29, 1.82) is 0 Å². The van der Waals surface area contributed by atoms with Crippen LogP contribution < -0.4 is 22.1 Å². The third kappa shape index (κ3) is 5.58. The summed E-state index contributed by atoms with van der Waals surface area (Å²) in [4.78, 5) is 40.2. The average Bonchev–Trinajstić information content (AvgIpc) is 3.46. The van der Waals surface area contributed by atoms with Gasteiger partial charge < -0.3 is 36.2 Å². The number of nitrogens with one attached hydrogen (secondary N) is 3. The van der Waals surface area contributed by atoms with Gasteiger partial charge in [-0.3, -0.25) is 19.3 Å². The fraction of sp³-hybridized carbons (Fsp3) is 0.318. The first-order valence-electron chi connectivity index (χ1n) is 10.5. The molecule has 1 aromatic carbocycles. The Bertz CT molecular complexity index is 1120. The molecule has 3 aromatic rings. The number of carbonyl (C=O) groups excluding carboxylic acids is 3. The third-order valence-corrected chi connectivity index (χ3v) is 5.18. The maximum atomic E-state index is 12.4. The Labute approximate surface area is 190 Å². The second-order valence-electron chi connectivity index (χ2n) is 7.14. The summed E-state index contributed by atoms with van der Waals surface area (Å²) >= 11 is 0. The van der Waals surface area contributed by atoms with Crippen molar-refractivity contribution in [2.45, 2.75) is 0 Å². The maximum absolute atomic E-state index is 12.4. The molecule has 0 aliphatic carbocycles. The van der Waals surface area contributed by atoms with Crippen molar-refractivity contribution in [3.8, 4) is 11.3 Å². The van der Waals surface area contributed by atoms with Crippen molar-refractivity contribution >= 4 is 34.9 Å². The molecule has 0 spiro atoms. The van der Waals surface area contributed by atoms with Crippen LogP contribution in [0.5, 0.6) is 0 Å². The van der Waals surface area contributed by atoms with E-state index in [9.17, 15) is 14.4 Å². The number of carbonyl (C=O) groups is 3. The molecule has 0 unspecified atom stereocenters. The zero-order valence-corrected chi connectivity index (χ0v) is 18.3. The van der Waals surface area contributed by atoms with Crippen LogP contribution in [0, 0.1) is 0 Å². The van der Waals surface area contributed by atoms with E-state index >= 15 is 0 Å². The average molecular weight is 457 g/mol. The van der Waals surface area contributed by atoms with Gasteiger partial charge in [-0.1, -0.05) is 12.1 Å². The van der Waals surface area contributed by atoms with Crippen molar-refractivity contribution in [3.05, 3.63) is 41.7 Å². The minimum absolute atomic E-state index is 0.202. The highest BCUT2D eigenvalue weighted by molar-refractivity contribution is 6.12. The second kappa shape index (κ2) is 11.3. The zero-order valence-electron chi connectivity index (χ0n) is 18.3. The monoisotopic (exact) mass is 456 g/mol. The lowest BCUT2D eigenvalue weighted by Crippen LogP contribution is -2.41. The van der Waals surface area contributed by atoms with Gasteiger partial charge in [-0.05, 0) is 25.2 Å². The Balaban J connectivity index is 0.00000149. The van der Waals surface area contributed by atoms with E-state index in [1.807, 2.05) is 0 Å². The normalized spacial score (nSPS) is 13.8. The Kier molecular flexibility index (Phi) is 8.19. The van der Waals surface area contributed by atoms with Crippen LogP contribution >= 0.6 is 0 Å². The zero-order chi connectivity index (χ0) is 23.8. The number of aromatic amines is 1. The molecule has 0 bridgehead atoms. The lowest BCUT2D eigenvalue weighted by molar-refractivity contribution is -0.105. The summed E-state index contributed by atoms with van der Waals surface area (Å²) in [6, 6.07) is 8.55. The first-order valence-corrected chi connectivity index (χ1v) is 10.5. The molecule has 3 heterocycles. The number of fused-ring (bicyclic) bond motifs is 1. The number of benzene rings is 1. The van der Waals surface area contributed by atoms with E-state index in [1.165, 1.54) is 7.05 Å². The number of nitrogens with two attached hydrogens (primary N) is 2. The summed E-state index contributed by atoms with van der Waals surface area (Å²) in [7, 11) is 1.50. The predicted molar refractivity (Wildman–Crippen MR) is 124 cm³/mol. The van der Waals surface area contributed by atoms with Crippen LogP contribution in [-0.4, -0.2) is 74.5 Å². The fourth-order valence-electron chi connectivity index (χ4n) is 3.63. The minimum Gasteiger partial charge on any atom is -0.451 e. The van der Waals surface area contributed by atoms with E-state index in [0.717, 1.165) is 19.6 Å². The Morgan fingerprint density at radius 3 is 2.64 bits per heavy atom. The molecule has 11 nitrogen and oxygen atoms in total. The number of ether oxygens (including phenoxy) is 1. The van der Waals surface area contributed by atoms with Crippen molar-refractivity contribution in [2.24, 2.45) is 11.5 Å². The second-order valence-corrected chi connectivity index (χ2v) is 7.14. The first kappa shape index (κ1) is 24.0. The molecule has 1 aliphatic rings. The lowest BCUT2D eigenvalue weighted by atomic mass is 10.1. The smallest absolute Gasteiger partial charge is 0.287 e. The Morgan fingerprint density at radius 2 is 1.94 bits per heavy atom. The molecule has 3 amide bonds. The van der Waals surface area contributed by atoms with Crippen LogP contribution in [0.3, 0.4) is 0 Å². The van der Waals surface area contributed by atoms with Crippen LogP contribution in [0.4, 0.5) is 5.82 Å². The van der Waals surface area contributed by atoms with Gasteiger partial charge in [0.05, 0.1) is 18.8 Å². The summed E-state index contributed by atoms with van der Waals surface area (Å²) in [6.07, 6.45) is 0.467. The molecule has 0 atom stereocenters. The van der Waals surface area contributed by atoms with E-state index in [0.29, 0.717) is 48.4 Å². The van der Waals surface area contributed by atoms with Gasteiger partial charge in [0.25, 0.3) is 11.8 Å². The van der Waals surface area contributed by atoms with Gasteiger partial charge in [-0.15, -0.1) is 0 Å². The van der Waals surface area contributed by atoms with Crippen molar-refractivity contribution < 1.29 is 23.5 Å². The summed E-state index contributed by atoms with van der Waals surface area (Å²) in [5.41, 5.74) is 11.4. The highest BCUT2D eigenvalue weighted by atomic mass is 16.5. The van der Waals surface area contributed by atoms with Crippen LogP contribution in [0.15, 0.2) is 34.7 Å². The standard InChI is InChI=1S/C21H23N5O5.CH5N/c22-19(28)18-14-2-1-13(11-15(14)25-20(18)24-12-27)16-3-4-17(31-16)21(29)23-5-6-26-7-9-30-10-8-26;1-2/h1-4,11-12,25H,5-10H2,(H2,22,28)(H,23,29)(H,24,27);2H2,1H3. The number of morpholine rings is 1. The highest BCUT2D eigenvalue weighted by Gasteiger charge is 2.18. The highest BCUT2D eigenvalue weighted by Crippen LogP contribution is 2.30. The summed E-state index contributed by atoms with van der Waals surface area (Å²) in [5, 5.41) is 5.89.